The first-order valence-corrected chi connectivity index (χ1v) is 8.53. The van der Waals surface area contributed by atoms with E-state index in [0.29, 0.717) is 17.2 Å². The van der Waals surface area contributed by atoms with Crippen LogP contribution in [0, 0.1) is 0 Å². The Morgan fingerprint density at radius 2 is 2.00 bits per heavy atom. The van der Waals surface area contributed by atoms with Crippen LogP contribution < -0.4 is 5.32 Å². The lowest BCUT2D eigenvalue weighted by molar-refractivity contribution is 0.513. The van der Waals surface area contributed by atoms with Gasteiger partial charge in [0.25, 0.3) is 0 Å². The van der Waals surface area contributed by atoms with Gasteiger partial charge in [-0.15, -0.1) is 0 Å². The Balaban J connectivity index is 2.57. The lowest BCUT2D eigenvalue weighted by atomic mass is 9.95. The Bertz CT molecular complexity index is 564. The molecule has 1 N–H and O–H groups in total. The van der Waals surface area contributed by atoms with E-state index >= 15 is 0 Å². The van der Waals surface area contributed by atoms with Gasteiger partial charge in [0.1, 0.15) is 0 Å². The SMILES string of the molecule is CCCC1C(NC)c2cc(C(C)C)ccc2S1(=O)=O. The molecule has 2 rings (SSSR count). The third-order valence-electron chi connectivity index (χ3n) is 4.00. The van der Waals surface area contributed by atoms with Crippen LogP contribution in [0.3, 0.4) is 0 Å². The van der Waals surface area contributed by atoms with Crippen LogP contribution in [0.25, 0.3) is 0 Å². The maximum Gasteiger partial charge on any atom is 0.183 e. The number of sulfone groups is 1. The van der Waals surface area contributed by atoms with Crippen LogP contribution in [-0.4, -0.2) is 20.7 Å². The third kappa shape index (κ3) is 2.32. The number of hydrogen-bond donors (Lipinski definition) is 1. The molecule has 1 aliphatic heterocycles. The van der Waals surface area contributed by atoms with Gasteiger partial charge in [0.15, 0.2) is 9.84 Å². The maximum absolute atomic E-state index is 12.6. The van der Waals surface area contributed by atoms with Gasteiger partial charge in [-0.3, -0.25) is 0 Å². The Hall–Kier alpha value is -0.870. The first-order valence-electron chi connectivity index (χ1n) is 6.98. The van der Waals surface area contributed by atoms with E-state index < -0.39 is 9.84 Å². The molecule has 1 heterocycles. The number of nitrogens with one attached hydrogen (secondary N) is 1. The second-order valence-electron chi connectivity index (χ2n) is 5.59. The Morgan fingerprint density at radius 1 is 1.32 bits per heavy atom. The molecular weight excluding hydrogens is 258 g/mol. The lowest BCUT2D eigenvalue weighted by Crippen LogP contribution is -2.29. The second-order valence-corrected chi connectivity index (χ2v) is 7.73. The highest BCUT2D eigenvalue weighted by Crippen LogP contribution is 2.41. The zero-order valence-corrected chi connectivity index (χ0v) is 12.9. The van der Waals surface area contributed by atoms with Crippen LogP contribution in [-0.2, 0) is 9.84 Å². The van der Waals surface area contributed by atoms with Crippen molar-refractivity contribution in [3.05, 3.63) is 29.3 Å². The van der Waals surface area contributed by atoms with E-state index in [2.05, 4.69) is 25.2 Å². The number of hydrogen-bond acceptors (Lipinski definition) is 3. The second kappa shape index (κ2) is 5.25. The molecule has 2 unspecified atom stereocenters. The molecule has 0 aliphatic carbocycles. The van der Waals surface area contributed by atoms with Crippen molar-refractivity contribution >= 4 is 9.84 Å². The van der Waals surface area contributed by atoms with Gasteiger partial charge in [-0.05, 0) is 36.6 Å². The quantitative estimate of drug-likeness (QED) is 0.922. The molecular formula is C15H23NO2S. The molecule has 1 aromatic rings. The summed E-state index contributed by atoms with van der Waals surface area (Å²) in [5.41, 5.74) is 2.15. The Morgan fingerprint density at radius 3 is 2.53 bits per heavy atom. The highest BCUT2D eigenvalue weighted by Gasteiger charge is 2.43. The summed E-state index contributed by atoms with van der Waals surface area (Å²) < 4.78 is 25.2. The minimum absolute atomic E-state index is 0.0707. The van der Waals surface area contributed by atoms with Crippen molar-refractivity contribution in [2.24, 2.45) is 0 Å². The number of rotatable bonds is 4. The predicted molar refractivity (Wildman–Crippen MR) is 78.2 cm³/mol. The van der Waals surface area contributed by atoms with Crippen LogP contribution >= 0.6 is 0 Å². The smallest absolute Gasteiger partial charge is 0.183 e. The summed E-state index contributed by atoms with van der Waals surface area (Å²) in [6.07, 6.45) is 1.59. The zero-order chi connectivity index (χ0) is 14.2. The summed E-state index contributed by atoms with van der Waals surface area (Å²) in [4.78, 5) is 0.523. The van der Waals surface area contributed by atoms with Crippen molar-refractivity contribution < 1.29 is 8.42 Å². The largest absolute Gasteiger partial charge is 0.312 e. The van der Waals surface area contributed by atoms with Crippen molar-refractivity contribution in [3.63, 3.8) is 0 Å². The molecule has 0 spiro atoms. The highest BCUT2D eigenvalue weighted by molar-refractivity contribution is 7.92. The van der Waals surface area contributed by atoms with Crippen LogP contribution in [0.2, 0.25) is 0 Å². The van der Waals surface area contributed by atoms with Crippen molar-refractivity contribution in [3.8, 4) is 0 Å². The minimum atomic E-state index is -3.17. The summed E-state index contributed by atoms with van der Waals surface area (Å²) in [7, 11) is -1.33. The Labute approximate surface area is 116 Å². The maximum atomic E-state index is 12.6. The van der Waals surface area contributed by atoms with E-state index in [1.807, 2.05) is 20.0 Å². The zero-order valence-electron chi connectivity index (χ0n) is 12.1. The lowest BCUT2D eigenvalue weighted by Gasteiger charge is -2.18. The summed E-state index contributed by atoms with van der Waals surface area (Å²) in [5.74, 6) is 0.413. The molecule has 0 saturated carbocycles. The molecule has 0 saturated heterocycles. The molecule has 1 aromatic carbocycles. The number of fused-ring (bicyclic) bond motifs is 1. The van der Waals surface area contributed by atoms with Crippen molar-refractivity contribution in [2.45, 2.75) is 55.7 Å². The fraction of sp³-hybridized carbons (Fsp3) is 0.600. The van der Waals surface area contributed by atoms with Gasteiger partial charge in [-0.1, -0.05) is 39.3 Å². The first-order chi connectivity index (χ1) is 8.93. The fourth-order valence-electron chi connectivity index (χ4n) is 2.92. The Kier molecular flexibility index (Phi) is 4.02. The van der Waals surface area contributed by atoms with Gasteiger partial charge in [0, 0.05) is 0 Å². The van der Waals surface area contributed by atoms with Crippen LogP contribution in [0.5, 0.6) is 0 Å². The first kappa shape index (κ1) is 14.5. The van der Waals surface area contributed by atoms with Gasteiger partial charge in [0.2, 0.25) is 0 Å². The fourth-order valence-corrected chi connectivity index (χ4v) is 5.20. The van der Waals surface area contributed by atoms with Gasteiger partial charge in [-0.25, -0.2) is 8.42 Å². The normalized spacial score (nSPS) is 24.7. The highest BCUT2D eigenvalue weighted by atomic mass is 32.2. The van der Waals surface area contributed by atoms with E-state index in [-0.39, 0.29) is 11.3 Å². The van der Waals surface area contributed by atoms with E-state index in [1.54, 1.807) is 6.07 Å². The predicted octanol–water partition coefficient (Wildman–Crippen LogP) is 3.03. The summed E-state index contributed by atoms with van der Waals surface area (Å²) in [6, 6.07) is 5.73. The third-order valence-corrected chi connectivity index (χ3v) is 6.29. The average molecular weight is 281 g/mol. The molecule has 19 heavy (non-hydrogen) atoms. The monoisotopic (exact) mass is 281 g/mol. The average Bonchev–Trinajstić information content (AvgIpc) is 2.58. The van der Waals surface area contributed by atoms with Crippen molar-refractivity contribution in [2.75, 3.05) is 7.05 Å². The van der Waals surface area contributed by atoms with Gasteiger partial charge < -0.3 is 5.32 Å². The van der Waals surface area contributed by atoms with Crippen LogP contribution in [0.15, 0.2) is 23.1 Å². The minimum Gasteiger partial charge on any atom is -0.312 e. The molecule has 1 aliphatic rings. The molecule has 0 aromatic heterocycles. The summed E-state index contributed by atoms with van der Waals surface area (Å²) in [5, 5.41) is 2.88. The molecule has 3 nitrogen and oxygen atoms in total. The van der Waals surface area contributed by atoms with E-state index in [1.165, 1.54) is 5.56 Å². The topological polar surface area (TPSA) is 46.2 Å². The summed E-state index contributed by atoms with van der Waals surface area (Å²) >= 11 is 0. The molecule has 0 amide bonds. The van der Waals surface area contributed by atoms with Crippen LogP contribution in [0.1, 0.15) is 56.7 Å². The van der Waals surface area contributed by atoms with Crippen LogP contribution in [0.4, 0.5) is 0 Å². The molecule has 0 bridgehead atoms. The van der Waals surface area contributed by atoms with E-state index in [4.69, 9.17) is 0 Å². The van der Waals surface area contributed by atoms with E-state index in [0.717, 1.165) is 12.0 Å². The molecule has 4 heteroatoms. The molecule has 106 valence electrons. The molecule has 0 radical (unpaired) electrons. The van der Waals surface area contributed by atoms with Gasteiger partial charge in [0.05, 0.1) is 16.2 Å². The molecule has 0 fully saturated rings. The van der Waals surface area contributed by atoms with Gasteiger partial charge >= 0.3 is 0 Å². The standard InChI is InChI=1S/C15H23NO2S/c1-5-6-14-15(16-4)12-9-11(10(2)3)7-8-13(12)19(14,17)18/h7-10,14-16H,5-6H2,1-4H3. The van der Waals surface area contributed by atoms with Crippen molar-refractivity contribution in [1.82, 2.24) is 5.32 Å². The summed E-state index contributed by atoms with van der Waals surface area (Å²) in [6.45, 7) is 6.29. The molecule has 2 atom stereocenters. The van der Waals surface area contributed by atoms with E-state index in [9.17, 15) is 8.42 Å². The van der Waals surface area contributed by atoms with Gasteiger partial charge in [-0.2, -0.15) is 0 Å². The number of benzene rings is 1. The van der Waals surface area contributed by atoms with Crippen molar-refractivity contribution in [1.29, 1.82) is 0 Å².